The maximum Gasteiger partial charge on any atom is 0.139 e. The number of nitrogens with one attached hydrogen (secondary N) is 1. The summed E-state index contributed by atoms with van der Waals surface area (Å²) in [5.41, 5.74) is 0.874. The molecule has 0 amide bonds. The highest BCUT2D eigenvalue weighted by molar-refractivity contribution is 5.87. The van der Waals surface area contributed by atoms with E-state index < -0.39 is 0 Å². The highest BCUT2D eigenvalue weighted by atomic mass is 16.5. The van der Waals surface area contributed by atoms with E-state index >= 15 is 0 Å². The number of hydrogen-bond acceptors (Lipinski definition) is 5. The van der Waals surface area contributed by atoms with Crippen molar-refractivity contribution >= 4 is 16.8 Å². The van der Waals surface area contributed by atoms with E-state index in [1.807, 2.05) is 12.1 Å². The molecule has 0 aromatic carbocycles. The average molecular weight is 247 g/mol. The lowest BCUT2D eigenvalue weighted by Crippen LogP contribution is -2.39. The Hall–Kier alpha value is -1.59. The number of pyridine rings is 1. The normalized spacial score (nSPS) is 17.1. The van der Waals surface area contributed by atoms with Crippen LogP contribution in [-0.2, 0) is 4.74 Å². The van der Waals surface area contributed by atoms with Crippen LogP contribution < -0.4 is 5.32 Å². The van der Waals surface area contributed by atoms with Crippen molar-refractivity contribution in [2.45, 2.75) is 0 Å². The molecular weight excluding hydrogens is 230 g/mol. The number of hydrogen-bond donors (Lipinski definition) is 1. The van der Waals surface area contributed by atoms with Crippen molar-refractivity contribution in [1.82, 2.24) is 9.88 Å². The molecule has 2 aromatic rings. The van der Waals surface area contributed by atoms with Gasteiger partial charge in [0.1, 0.15) is 11.4 Å². The molecule has 1 saturated heterocycles. The first-order valence-corrected chi connectivity index (χ1v) is 6.30. The molecule has 5 heteroatoms. The Morgan fingerprint density at radius 2 is 2.17 bits per heavy atom. The molecular formula is C13H17N3O2. The van der Waals surface area contributed by atoms with Crippen molar-refractivity contribution in [1.29, 1.82) is 0 Å². The Morgan fingerprint density at radius 1 is 1.28 bits per heavy atom. The zero-order valence-corrected chi connectivity index (χ0v) is 10.3. The summed E-state index contributed by atoms with van der Waals surface area (Å²) in [6.07, 6.45) is 3.46. The molecule has 1 fully saturated rings. The summed E-state index contributed by atoms with van der Waals surface area (Å²) in [6.45, 7) is 5.62. The highest BCUT2D eigenvalue weighted by Crippen LogP contribution is 2.21. The monoisotopic (exact) mass is 247 g/mol. The Kier molecular flexibility index (Phi) is 3.43. The summed E-state index contributed by atoms with van der Waals surface area (Å²) in [7, 11) is 0. The van der Waals surface area contributed by atoms with Gasteiger partial charge >= 0.3 is 0 Å². The molecule has 0 aliphatic carbocycles. The predicted molar refractivity (Wildman–Crippen MR) is 69.8 cm³/mol. The van der Waals surface area contributed by atoms with Gasteiger partial charge in [-0.2, -0.15) is 0 Å². The van der Waals surface area contributed by atoms with Gasteiger partial charge in [0.2, 0.25) is 0 Å². The van der Waals surface area contributed by atoms with Crippen LogP contribution in [0.15, 0.2) is 29.0 Å². The lowest BCUT2D eigenvalue weighted by molar-refractivity contribution is 0.0398. The van der Waals surface area contributed by atoms with E-state index in [0.29, 0.717) is 0 Å². The molecule has 0 spiro atoms. The second-order valence-electron chi connectivity index (χ2n) is 4.37. The SMILES string of the molecule is c1cc2occc2c(NCCN2CCOCC2)n1. The molecule has 2 aromatic heterocycles. The minimum Gasteiger partial charge on any atom is -0.464 e. The second-order valence-corrected chi connectivity index (χ2v) is 4.37. The van der Waals surface area contributed by atoms with Crippen LogP contribution in [0, 0.1) is 0 Å². The summed E-state index contributed by atoms with van der Waals surface area (Å²) < 4.78 is 10.7. The van der Waals surface area contributed by atoms with E-state index in [9.17, 15) is 0 Å². The van der Waals surface area contributed by atoms with E-state index in [1.165, 1.54) is 0 Å². The number of anilines is 1. The van der Waals surface area contributed by atoms with Crippen LogP contribution in [0.5, 0.6) is 0 Å². The van der Waals surface area contributed by atoms with E-state index in [4.69, 9.17) is 9.15 Å². The first-order valence-electron chi connectivity index (χ1n) is 6.30. The number of nitrogens with zero attached hydrogens (tertiary/aromatic N) is 2. The third-order valence-electron chi connectivity index (χ3n) is 3.20. The fourth-order valence-corrected chi connectivity index (χ4v) is 2.19. The van der Waals surface area contributed by atoms with E-state index in [-0.39, 0.29) is 0 Å². The van der Waals surface area contributed by atoms with Gasteiger partial charge in [-0.15, -0.1) is 0 Å². The van der Waals surface area contributed by atoms with Crippen LogP contribution in [0.2, 0.25) is 0 Å². The fourth-order valence-electron chi connectivity index (χ4n) is 2.19. The first kappa shape index (κ1) is 11.5. The number of aromatic nitrogens is 1. The van der Waals surface area contributed by atoms with Gasteiger partial charge in [0.25, 0.3) is 0 Å². The predicted octanol–water partition coefficient (Wildman–Crippen LogP) is 1.57. The van der Waals surface area contributed by atoms with E-state index in [1.54, 1.807) is 12.5 Å². The molecule has 3 heterocycles. The van der Waals surface area contributed by atoms with E-state index in [0.717, 1.165) is 56.2 Å². The Morgan fingerprint density at radius 3 is 3.06 bits per heavy atom. The number of furan rings is 1. The zero-order valence-electron chi connectivity index (χ0n) is 10.3. The summed E-state index contributed by atoms with van der Waals surface area (Å²) in [5.74, 6) is 0.898. The third kappa shape index (κ3) is 2.47. The highest BCUT2D eigenvalue weighted by Gasteiger charge is 2.10. The molecule has 0 radical (unpaired) electrons. The maximum absolute atomic E-state index is 5.35. The summed E-state index contributed by atoms with van der Waals surface area (Å²) in [4.78, 5) is 6.74. The van der Waals surface area contributed by atoms with Crippen molar-refractivity contribution in [3.63, 3.8) is 0 Å². The van der Waals surface area contributed by atoms with Gasteiger partial charge in [-0.05, 0) is 12.1 Å². The van der Waals surface area contributed by atoms with Gasteiger partial charge in [0, 0.05) is 32.4 Å². The minimum absolute atomic E-state index is 0.843. The smallest absolute Gasteiger partial charge is 0.139 e. The molecule has 1 aliphatic rings. The van der Waals surface area contributed by atoms with Crippen LogP contribution in [-0.4, -0.2) is 49.3 Å². The molecule has 5 nitrogen and oxygen atoms in total. The summed E-state index contributed by atoms with van der Waals surface area (Å²) in [5, 5.41) is 4.41. The number of morpholine rings is 1. The zero-order chi connectivity index (χ0) is 12.2. The largest absolute Gasteiger partial charge is 0.464 e. The lowest BCUT2D eigenvalue weighted by Gasteiger charge is -2.26. The van der Waals surface area contributed by atoms with Gasteiger partial charge in [-0.3, -0.25) is 4.90 Å². The van der Waals surface area contributed by atoms with E-state index in [2.05, 4.69) is 15.2 Å². The molecule has 0 atom stereocenters. The standard InChI is InChI=1S/C13H17N3O2/c1-3-14-13(11-2-8-18-12(1)11)15-4-5-16-6-9-17-10-7-16/h1-3,8H,4-7,9-10H2,(H,14,15). The van der Waals surface area contributed by atoms with Crippen LogP contribution in [0.25, 0.3) is 11.0 Å². The van der Waals surface area contributed by atoms with Crippen LogP contribution in [0.3, 0.4) is 0 Å². The summed E-state index contributed by atoms with van der Waals surface area (Å²) in [6, 6.07) is 3.82. The third-order valence-corrected chi connectivity index (χ3v) is 3.20. The van der Waals surface area contributed by atoms with Crippen molar-refractivity contribution in [2.75, 3.05) is 44.7 Å². The molecule has 1 N–H and O–H groups in total. The van der Waals surface area contributed by atoms with Crippen molar-refractivity contribution in [2.24, 2.45) is 0 Å². The van der Waals surface area contributed by atoms with Crippen LogP contribution >= 0.6 is 0 Å². The first-order chi connectivity index (χ1) is 8.93. The molecule has 0 unspecified atom stereocenters. The van der Waals surface area contributed by atoms with Gasteiger partial charge in [-0.1, -0.05) is 0 Å². The Bertz CT molecular complexity index is 506. The topological polar surface area (TPSA) is 50.5 Å². The Labute approximate surface area is 106 Å². The van der Waals surface area contributed by atoms with Gasteiger partial charge in [0.05, 0.1) is 24.9 Å². The number of rotatable bonds is 4. The minimum atomic E-state index is 0.843. The molecule has 0 bridgehead atoms. The molecule has 0 saturated carbocycles. The van der Waals surface area contributed by atoms with Crippen LogP contribution in [0.4, 0.5) is 5.82 Å². The molecule has 96 valence electrons. The van der Waals surface area contributed by atoms with Crippen molar-refractivity contribution < 1.29 is 9.15 Å². The molecule has 1 aliphatic heterocycles. The van der Waals surface area contributed by atoms with Gasteiger partial charge in [-0.25, -0.2) is 4.98 Å². The number of ether oxygens (including phenoxy) is 1. The van der Waals surface area contributed by atoms with Gasteiger partial charge in [0.15, 0.2) is 0 Å². The fraction of sp³-hybridized carbons (Fsp3) is 0.462. The quantitative estimate of drug-likeness (QED) is 0.888. The van der Waals surface area contributed by atoms with Gasteiger partial charge < -0.3 is 14.5 Å². The molecule has 3 rings (SSSR count). The Balaban J connectivity index is 1.57. The lowest BCUT2D eigenvalue weighted by atomic mass is 10.3. The van der Waals surface area contributed by atoms with Crippen molar-refractivity contribution in [3.8, 4) is 0 Å². The van der Waals surface area contributed by atoms with Crippen LogP contribution in [0.1, 0.15) is 0 Å². The van der Waals surface area contributed by atoms with Crippen molar-refractivity contribution in [3.05, 3.63) is 24.6 Å². The second kappa shape index (κ2) is 5.37. The molecule has 18 heavy (non-hydrogen) atoms. The summed E-state index contributed by atoms with van der Waals surface area (Å²) >= 11 is 0. The average Bonchev–Trinajstić information content (AvgIpc) is 2.89. The number of fused-ring (bicyclic) bond motifs is 1. The maximum atomic E-state index is 5.35.